The summed E-state index contributed by atoms with van der Waals surface area (Å²) in [4.78, 5) is 10.5. The smallest absolute Gasteiger partial charge is 0.341 e. The summed E-state index contributed by atoms with van der Waals surface area (Å²) in [7, 11) is 0. The lowest BCUT2D eigenvalue weighted by molar-refractivity contribution is -0.139. The van der Waals surface area contributed by atoms with Crippen LogP contribution in [-0.2, 0) is 11.2 Å². The molecule has 0 aliphatic rings. The van der Waals surface area contributed by atoms with Crippen molar-refractivity contribution in [2.24, 2.45) is 0 Å². The molecule has 1 aromatic heterocycles. The van der Waals surface area contributed by atoms with Gasteiger partial charge in [-0.25, -0.2) is 4.79 Å². The van der Waals surface area contributed by atoms with Gasteiger partial charge in [0.25, 0.3) is 0 Å². The van der Waals surface area contributed by atoms with E-state index >= 15 is 0 Å². The van der Waals surface area contributed by atoms with Crippen molar-refractivity contribution in [3.05, 3.63) is 39.6 Å². The Kier molecular flexibility index (Phi) is 4.80. The van der Waals surface area contributed by atoms with Crippen LogP contribution in [0.15, 0.2) is 22.6 Å². The summed E-state index contributed by atoms with van der Waals surface area (Å²) in [5, 5.41) is 9.08. The van der Waals surface area contributed by atoms with E-state index in [1.807, 2.05) is 19.9 Å². The zero-order valence-corrected chi connectivity index (χ0v) is 13.1. The third kappa shape index (κ3) is 3.34. The second-order valence-electron chi connectivity index (χ2n) is 4.49. The molecule has 0 radical (unpaired) electrons. The third-order valence-corrected chi connectivity index (χ3v) is 3.82. The number of aliphatic carboxylic acids is 1. The molecule has 0 aliphatic heterocycles. The van der Waals surface area contributed by atoms with Gasteiger partial charge in [0.05, 0.1) is 5.02 Å². The van der Waals surface area contributed by atoms with Crippen molar-refractivity contribution >= 4 is 29.2 Å². The summed E-state index contributed by atoms with van der Waals surface area (Å²) < 4.78 is 10.8. The number of carboxylic acids is 1. The molecule has 0 bridgehead atoms. The van der Waals surface area contributed by atoms with Crippen molar-refractivity contribution in [3.63, 3.8) is 0 Å². The van der Waals surface area contributed by atoms with Crippen molar-refractivity contribution in [1.29, 1.82) is 0 Å². The Morgan fingerprint density at radius 2 is 2.05 bits per heavy atom. The van der Waals surface area contributed by atoms with E-state index < -0.39 is 12.6 Å². The Hall–Kier alpha value is -1.65. The van der Waals surface area contributed by atoms with Crippen LogP contribution < -0.4 is 4.74 Å². The molecule has 0 amide bonds. The molecule has 2 rings (SSSR count). The Morgan fingerprint density at radius 1 is 1.33 bits per heavy atom. The van der Waals surface area contributed by atoms with E-state index in [1.165, 1.54) is 0 Å². The molecule has 0 aliphatic carbocycles. The van der Waals surface area contributed by atoms with Crippen LogP contribution >= 0.6 is 23.2 Å². The van der Waals surface area contributed by atoms with Crippen molar-refractivity contribution in [2.75, 3.05) is 6.61 Å². The first-order chi connectivity index (χ1) is 9.93. The number of ether oxygens (including phenoxy) is 1. The van der Waals surface area contributed by atoms with Crippen LogP contribution in [0.4, 0.5) is 0 Å². The van der Waals surface area contributed by atoms with Gasteiger partial charge < -0.3 is 14.3 Å². The van der Waals surface area contributed by atoms with Crippen LogP contribution in [-0.4, -0.2) is 17.7 Å². The van der Waals surface area contributed by atoms with Gasteiger partial charge in [0, 0.05) is 5.56 Å². The molecule has 0 atom stereocenters. The first-order valence-electron chi connectivity index (χ1n) is 6.36. The molecule has 112 valence electrons. The monoisotopic (exact) mass is 328 g/mol. The van der Waals surface area contributed by atoms with E-state index in [4.69, 9.17) is 37.5 Å². The fraction of sp³-hybridized carbons (Fsp3) is 0.267. The highest BCUT2D eigenvalue weighted by Gasteiger charge is 2.18. The molecule has 21 heavy (non-hydrogen) atoms. The Morgan fingerprint density at radius 3 is 2.67 bits per heavy atom. The standard InChI is InChI=1S/C15H14Cl2O4/c1-3-9-6-8(2)21-15(9)10-4-5-11(14(17)13(10)16)20-7-12(18)19/h4-6H,3,7H2,1-2H3,(H,18,19). The fourth-order valence-corrected chi connectivity index (χ4v) is 2.48. The number of benzene rings is 1. The maximum Gasteiger partial charge on any atom is 0.341 e. The second kappa shape index (κ2) is 6.41. The molecule has 2 aromatic rings. The van der Waals surface area contributed by atoms with Crippen LogP contribution in [0, 0.1) is 6.92 Å². The largest absolute Gasteiger partial charge is 0.480 e. The van der Waals surface area contributed by atoms with Gasteiger partial charge in [-0.2, -0.15) is 0 Å². The van der Waals surface area contributed by atoms with Gasteiger partial charge in [-0.05, 0) is 37.1 Å². The normalized spacial score (nSPS) is 10.7. The van der Waals surface area contributed by atoms with Crippen LogP contribution in [0.3, 0.4) is 0 Å². The van der Waals surface area contributed by atoms with Gasteiger partial charge >= 0.3 is 5.97 Å². The summed E-state index contributed by atoms with van der Waals surface area (Å²) in [5.41, 5.74) is 1.69. The topological polar surface area (TPSA) is 59.7 Å². The molecule has 0 fully saturated rings. The van der Waals surface area contributed by atoms with Gasteiger partial charge in [-0.3, -0.25) is 0 Å². The number of hydrogen-bond donors (Lipinski definition) is 1. The Labute approximate surface area is 132 Å². The van der Waals surface area contributed by atoms with Crippen LogP contribution in [0.1, 0.15) is 18.2 Å². The molecule has 1 N–H and O–H groups in total. The number of rotatable bonds is 5. The van der Waals surface area contributed by atoms with Crippen molar-refractivity contribution < 1.29 is 19.1 Å². The van der Waals surface area contributed by atoms with Gasteiger partial charge in [-0.1, -0.05) is 30.1 Å². The number of hydrogen-bond acceptors (Lipinski definition) is 3. The lowest BCUT2D eigenvalue weighted by Crippen LogP contribution is -2.09. The molecule has 4 nitrogen and oxygen atoms in total. The van der Waals surface area contributed by atoms with Crippen LogP contribution in [0.25, 0.3) is 11.3 Å². The van der Waals surface area contributed by atoms with Crippen LogP contribution in [0.5, 0.6) is 5.75 Å². The van der Waals surface area contributed by atoms with Gasteiger partial charge in [0.1, 0.15) is 22.3 Å². The maximum atomic E-state index is 10.5. The van der Waals surface area contributed by atoms with E-state index in [9.17, 15) is 4.79 Å². The van der Waals surface area contributed by atoms with E-state index in [1.54, 1.807) is 12.1 Å². The zero-order chi connectivity index (χ0) is 15.6. The number of aryl methyl sites for hydroxylation is 2. The number of halogens is 2. The molecular formula is C15H14Cl2O4. The maximum absolute atomic E-state index is 10.5. The molecule has 0 saturated heterocycles. The van der Waals surface area contributed by atoms with E-state index in [-0.39, 0.29) is 15.8 Å². The molecule has 6 heteroatoms. The predicted molar refractivity (Wildman–Crippen MR) is 81.4 cm³/mol. The predicted octanol–water partition coefficient (Wildman–Crippen LogP) is 4.59. The first-order valence-corrected chi connectivity index (χ1v) is 7.11. The Bertz CT molecular complexity index is 677. The molecule has 0 saturated carbocycles. The number of carbonyl (C=O) groups is 1. The van der Waals surface area contributed by atoms with Gasteiger partial charge in [0.15, 0.2) is 6.61 Å². The lowest BCUT2D eigenvalue weighted by Gasteiger charge is -2.10. The van der Waals surface area contributed by atoms with E-state index in [2.05, 4.69) is 0 Å². The summed E-state index contributed by atoms with van der Waals surface area (Å²) in [6.07, 6.45) is 0.803. The number of furan rings is 1. The second-order valence-corrected chi connectivity index (χ2v) is 5.24. The minimum atomic E-state index is -1.08. The quantitative estimate of drug-likeness (QED) is 0.872. The first kappa shape index (κ1) is 15.7. The minimum Gasteiger partial charge on any atom is -0.480 e. The third-order valence-electron chi connectivity index (χ3n) is 2.96. The summed E-state index contributed by atoms with van der Waals surface area (Å²) in [6.45, 7) is 3.41. The average Bonchev–Trinajstić information content (AvgIpc) is 2.81. The van der Waals surface area contributed by atoms with Crippen molar-refractivity contribution in [2.45, 2.75) is 20.3 Å². The zero-order valence-electron chi connectivity index (χ0n) is 11.6. The summed E-state index contributed by atoms with van der Waals surface area (Å²) in [6, 6.07) is 5.25. The van der Waals surface area contributed by atoms with Crippen molar-refractivity contribution in [1.82, 2.24) is 0 Å². The summed E-state index contributed by atoms with van der Waals surface area (Å²) >= 11 is 12.4. The average molecular weight is 329 g/mol. The number of carboxylic acid groups (broad SMARTS) is 1. The lowest BCUT2D eigenvalue weighted by atomic mass is 10.1. The highest BCUT2D eigenvalue weighted by Crippen LogP contribution is 2.41. The SMILES string of the molecule is CCc1cc(C)oc1-c1ccc(OCC(=O)O)c(Cl)c1Cl. The van der Waals surface area contributed by atoms with E-state index in [0.717, 1.165) is 17.7 Å². The van der Waals surface area contributed by atoms with Gasteiger partial charge in [-0.15, -0.1) is 0 Å². The molecular weight excluding hydrogens is 315 g/mol. The Balaban J connectivity index is 2.42. The molecule has 0 spiro atoms. The van der Waals surface area contributed by atoms with E-state index in [0.29, 0.717) is 11.3 Å². The van der Waals surface area contributed by atoms with Crippen molar-refractivity contribution in [3.8, 4) is 17.1 Å². The minimum absolute atomic E-state index is 0.173. The molecule has 1 aromatic carbocycles. The molecule has 0 unspecified atom stereocenters. The summed E-state index contributed by atoms with van der Waals surface area (Å²) in [5.74, 6) is 0.613. The highest BCUT2D eigenvalue weighted by atomic mass is 35.5. The van der Waals surface area contributed by atoms with Gasteiger partial charge in [0.2, 0.25) is 0 Å². The van der Waals surface area contributed by atoms with Crippen LogP contribution in [0.2, 0.25) is 10.0 Å². The molecule has 1 heterocycles. The fourth-order valence-electron chi connectivity index (χ4n) is 2.02. The highest BCUT2D eigenvalue weighted by molar-refractivity contribution is 6.44.